The Bertz CT molecular complexity index is 849. The van der Waals surface area contributed by atoms with E-state index in [0.29, 0.717) is 5.75 Å². The van der Waals surface area contributed by atoms with E-state index >= 15 is 0 Å². The van der Waals surface area contributed by atoms with Crippen LogP contribution in [0.4, 0.5) is 8.78 Å². The number of halogens is 3. The van der Waals surface area contributed by atoms with Crippen molar-refractivity contribution in [2.24, 2.45) is 0 Å². The zero-order valence-electron chi connectivity index (χ0n) is 13.0. The van der Waals surface area contributed by atoms with Gasteiger partial charge in [0.05, 0.1) is 23.8 Å². The van der Waals surface area contributed by atoms with Gasteiger partial charge in [0.25, 0.3) is 5.92 Å². The molecule has 3 rings (SSSR count). The highest BCUT2D eigenvalue weighted by Gasteiger charge is 2.50. The molecule has 1 saturated heterocycles. The van der Waals surface area contributed by atoms with E-state index in [1.165, 1.54) is 24.4 Å². The largest absolute Gasteiger partial charge is 0.490 e. The summed E-state index contributed by atoms with van der Waals surface area (Å²) in [6, 6.07) is 8.02. The van der Waals surface area contributed by atoms with Crippen LogP contribution in [-0.2, 0) is 10.0 Å². The van der Waals surface area contributed by atoms with Gasteiger partial charge in [-0.15, -0.1) is 0 Å². The Hall–Kier alpha value is -1.77. The summed E-state index contributed by atoms with van der Waals surface area (Å²) in [5.74, 6) is -2.75. The van der Waals surface area contributed by atoms with Crippen molar-refractivity contribution < 1.29 is 21.9 Å². The molecule has 0 spiro atoms. The first-order valence-corrected chi connectivity index (χ1v) is 9.28. The fourth-order valence-electron chi connectivity index (χ4n) is 2.70. The number of sulfonamides is 1. The molecule has 1 atom stereocenters. The van der Waals surface area contributed by atoms with Crippen LogP contribution in [0, 0.1) is 0 Å². The van der Waals surface area contributed by atoms with Crippen molar-refractivity contribution in [1.29, 1.82) is 0 Å². The highest BCUT2D eigenvalue weighted by molar-refractivity contribution is 7.89. The van der Waals surface area contributed by atoms with Crippen LogP contribution >= 0.6 is 11.6 Å². The minimum absolute atomic E-state index is 0.00959. The Balaban J connectivity index is 1.86. The first-order valence-electron chi connectivity index (χ1n) is 7.47. The monoisotopic (exact) mass is 388 g/mol. The molecule has 2 heterocycles. The topological polar surface area (TPSA) is 59.5 Å². The fourth-order valence-corrected chi connectivity index (χ4v) is 4.83. The minimum Gasteiger partial charge on any atom is -0.490 e. The zero-order valence-corrected chi connectivity index (χ0v) is 14.6. The molecular weight excluding hydrogens is 374 g/mol. The van der Waals surface area contributed by atoms with Crippen LogP contribution in [0.5, 0.6) is 5.75 Å². The van der Waals surface area contributed by atoms with Gasteiger partial charge >= 0.3 is 0 Å². The normalized spacial score (nSPS) is 20.5. The maximum Gasteiger partial charge on any atom is 0.263 e. The smallest absolute Gasteiger partial charge is 0.263 e. The molecule has 0 aliphatic carbocycles. The van der Waals surface area contributed by atoms with Crippen molar-refractivity contribution in [2.45, 2.75) is 23.3 Å². The summed E-state index contributed by atoms with van der Waals surface area (Å²) in [6.45, 7) is -1.10. The molecule has 5 nitrogen and oxygen atoms in total. The van der Waals surface area contributed by atoms with Crippen molar-refractivity contribution in [2.75, 3.05) is 13.2 Å². The van der Waals surface area contributed by atoms with Gasteiger partial charge in [-0.05, 0) is 24.3 Å². The molecule has 0 unspecified atom stereocenters. The van der Waals surface area contributed by atoms with Crippen LogP contribution in [0.3, 0.4) is 0 Å². The third kappa shape index (κ3) is 3.91. The lowest BCUT2D eigenvalue weighted by molar-refractivity contribution is 0.0163. The molecule has 1 fully saturated rings. The zero-order chi connectivity index (χ0) is 18.1. The van der Waals surface area contributed by atoms with Gasteiger partial charge in [0.1, 0.15) is 17.3 Å². The molecule has 1 aromatic carbocycles. The Morgan fingerprint density at radius 1 is 1.28 bits per heavy atom. The van der Waals surface area contributed by atoms with E-state index < -0.39 is 35.0 Å². The highest BCUT2D eigenvalue weighted by Crippen LogP contribution is 2.37. The molecular formula is C16H15ClF2N2O3S. The lowest BCUT2D eigenvalue weighted by Gasteiger charge is -2.23. The van der Waals surface area contributed by atoms with Gasteiger partial charge in [-0.2, -0.15) is 4.31 Å². The maximum atomic E-state index is 13.9. The summed E-state index contributed by atoms with van der Waals surface area (Å²) >= 11 is 5.95. The van der Waals surface area contributed by atoms with Crippen molar-refractivity contribution in [3.63, 3.8) is 0 Å². The molecule has 0 saturated carbocycles. The fraction of sp³-hybridized carbons (Fsp3) is 0.312. The molecule has 1 aromatic heterocycles. The summed E-state index contributed by atoms with van der Waals surface area (Å²) < 4.78 is 59.6. The predicted molar refractivity (Wildman–Crippen MR) is 88.4 cm³/mol. The molecule has 2 aromatic rings. The highest BCUT2D eigenvalue weighted by atomic mass is 35.5. The van der Waals surface area contributed by atoms with Crippen LogP contribution in [0.25, 0.3) is 0 Å². The number of ether oxygens (including phenoxy) is 1. The van der Waals surface area contributed by atoms with Crippen molar-refractivity contribution in [3.8, 4) is 5.75 Å². The number of pyridine rings is 1. The number of alkyl halides is 2. The van der Waals surface area contributed by atoms with E-state index in [2.05, 4.69) is 4.98 Å². The predicted octanol–water partition coefficient (Wildman–Crippen LogP) is 3.21. The van der Waals surface area contributed by atoms with Gasteiger partial charge in [-0.3, -0.25) is 4.98 Å². The number of rotatable bonds is 5. The molecule has 9 heteroatoms. The second-order valence-corrected chi connectivity index (χ2v) is 7.96. The first-order chi connectivity index (χ1) is 11.8. The summed E-state index contributed by atoms with van der Waals surface area (Å²) in [6.07, 6.45) is 2.36. The van der Waals surface area contributed by atoms with Gasteiger partial charge in [-0.25, -0.2) is 17.2 Å². The Labute approximate surface area is 149 Å². The number of hydrogen-bond donors (Lipinski definition) is 0. The van der Waals surface area contributed by atoms with Gasteiger partial charge < -0.3 is 4.74 Å². The van der Waals surface area contributed by atoms with Crippen molar-refractivity contribution >= 4 is 21.6 Å². The van der Waals surface area contributed by atoms with E-state index in [0.717, 1.165) is 4.31 Å². The van der Waals surface area contributed by atoms with Crippen molar-refractivity contribution in [1.82, 2.24) is 9.29 Å². The number of aromatic nitrogens is 1. The molecule has 0 radical (unpaired) electrons. The molecule has 1 aliphatic rings. The third-order valence-corrected chi connectivity index (χ3v) is 6.23. The lowest BCUT2D eigenvalue weighted by Crippen LogP contribution is -2.39. The average Bonchev–Trinajstić information content (AvgIpc) is 2.90. The second kappa shape index (κ2) is 6.86. The van der Waals surface area contributed by atoms with E-state index in [4.69, 9.17) is 16.3 Å². The number of nitrogens with zero attached hydrogens (tertiary/aromatic N) is 2. The van der Waals surface area contributed by atoms with E-state index in [9.17, 15) is 17.2 Å². The van der Waals surface area contributed by atoms with E-state index in [-0.39, 0.29) is 16.5 Å². The van der Waals surface area contributed by atoms with Gasteiger partial charge in [0.2, 0.25) is 10.0 Å². The van der Waals surface area contributed by atoms with Gasteiger partial charge in [-0.1, -0.05) is 23.7 Å². The summed E-state index contributed by atoms with van der Waals surface area (Å²) in [7, 11) is -4.17. The quantitative estimate of drug-likeness (QED) is 0.789. The van der Waals surface area contributed by atoms with Crippen LogP contribution in [0.1, 0.15) is 6.42 Å². The van der Waals surface area contributed by atoms with Crippen LogP contribution in [0.2, 0.25) is 5.02 Å². The molecule has 0 N–H and O–H groups in total. The van der Waals surface area contributed by atoms with Gasteiger partial charge in [0.15, 0.2) is 0 Å². The van der Waals surface area contributed by atoms with Crippen molar-refractivity contribution in [3.05, 3.63) is 53.8 Å². The second-order valence-electron chi connectivity index (χ2n) is 5.69. The first kappa shape index (κ1) is 18.0. The van der Waals surface area contributed by atoms with E-state index in [1.807, 2.05) is 0 Å². The number of hydrogen-bond acceptors (Lipinski definition) is 4. The molecule has 0 amide bonds. The third-order valence-electron chi connectivity index (χ3n) is 3.83. The van der Waals surface area contributed by atoms with Crippen LogP contribution < -0.4 is 4.74 Å². The Kier molecular flexibility index (Phi) is 4.95. The Morgan fingerprint density at radius 3 is 2.72 bits per heavy atom. The standard InChI is InChI=1S/C16H15ClF2N2O3S/c17-14-5-1-2-6-15(14)25(22,23)21-11-16(18,19)8-12(21)10-24-13-4-3-7-20-9-13/h1-7,9,12H,8,10-11H2/t12-/m0/s1. The molecule has 134 valence electrons. The SMILES string of the molecule is O=S(=O)(c1ccccc1Cl)N1CC(F)(F)C[C@H]1COc1cccnc1. The van der Waals surface area contributed by atoms with Crippen LogP contribution in [-0.4, -0.2) is 42.8 Å². The van der Waals surface area contributed by atoms with Gasteiger partial charge in [0, 0.05) is 12.6 Å². The molecule has 25 heavy (non-hydrogen) atoms. The minimum atomic E-state index is -4.17. The molecule has 0 bridgehead atoms. The average molecular weight is 389 g/mol. The summed E-state index contributed by atoms with van der Waals surface area (Å²) in [5, 5.41) is -0.00959. The maximum absolute atomic E-state index is 13.9. The lowest BCUT2D eigenvalue weighted by atomic mass is 10.2. The summed E-state index contributed by atoms with van der Waals surface area (Å²) in [5.41, 5.74) is 0. The number of benzene rings is 1. The molecule has 1 aliphatic heterocycles. The van der Waals surface area contributed by atoms with E-state index in [1.54, 1.807) is 24.4 Å². The Morgan fingerprint density at radius 2 is 2.04 bits per heavy atom. The van der Waals surface area contributed by atoms with Crippen LogP contribution in [0.15, 0.2) is 53.7 Å². The summed E-state index contributed by atoms with van der Waals surface area (Å²) in [4.78, 5) is 3.67.